The van der Waals surface area contributed by atoms with Crippen LogP contribution in [0.3, 0.4) is 0 Å². The summed E-state index contributed by atoms with van der Waals surface area (Å²) in [5.74, 6) is 3.96. The maximum Gasteiger partial charge on any atom is 0.126 e. The van der Waals surface area contributed by atoms with Gasteiger partial charge in [0.2, 0.25) is 0 Å². The zero-order valence-corrected chi connectivity index (χ0v) is 74.0. The number of ether oxygens (including phenoxy) is 3. The fourth-order valence-corrected chi connectivity index (χ4v) is 14.5. The second kappa shape index (κ2) is 33.9. The molecule has 0 aromatic heterocycles. The van der Waals surface area contributed by atoms with Crippen LogP contribution in [0.4, 0.5) is 0 Å². The minimum absolute atomic E-state index is 0.0848. The van der Waals surface area contributed by atoms with Crippen LogP contribution < -0.4 is 14.2 Å². The highest BCUT2D eigenvalue weighted by molar-refractivity contribution is 9.09. The maximum absolute atomic E-state index is 12.4. The molecule has 8 aromatic rings. The van der Waals surface area contributed by atoms with Gasteiger partial charge in [-0.05, 0) is 203 Å². The molecule has 2 aliphatic carbocycles. The van der Waals surface area contributed by atoms with Crippen LogP contribution in [0.25, 0.3) is 0 Å². The van der Waals surface area contributed by atoms with Crippen molar-refractivity contribution < 1.29 is 39.7 Å². The summed E-state index contributed by atoms with van der Waals surface area (Å²) in [5, 5.41) is 61.2. The van der Waals surface area contributed by atoms with Gasteiger partial charge in [0, 0.05) is 56.7 Å². The van der Waals surface area contributed by atoms with Crippen LogP contribution >= 0.6 is 15.9 Å². The SMILES string of the molecule is CC(C)(C)c1cc2c(O)c(c1)Cc1cc(C(C)(C)C)cc(c1O)Cc1cc(C(C)(C)C)cc(c1O)Cc1cc(C(C)(C)C)cc(c1O)C2.CCCBr.CCCOc1c2cc(C(C)(C)C)cc1Cc1cc(C(C)(C)C)cc(c1OCCC)Cc1cc(C(C)(C)C)cc(c1OCCC)Cc1cc(C(C)(C)C)cc(c1O)C2. The number of aromatic hydroxyl groups is 5. The molecule has 5 N–H and O–H groups in total. The summed E-state index contributed by atoms with van der Waals surface area (Å²) in [5.41, 5.74) is 22.8. The fourth-order valence-electron chi connectivity index (χ4n) is 14.5. The summed E-state index contributed by atoms with van der Waals surface area (Å²) in [6.07, 6.45) is 7.74. The van der Waals surface area contributed by atoms with E-state index < -0.39 is 0 Å². The van der Waals surface area contributed by atoms with Crippen molar-refractivity contribution in [3.8, 4) is 46.0 Å². The third-order valence-corrected chi connectivity index (χ3v) is 22.4. The molecule has 0 spiro atoms. The van der Waals surface area contributed by atoms with E-state index in [0.29, 0.717) is 76.9 Å². The number of alkyl halides is 1. The van der Waals surface area contributed by atoms with Gasteiger partial charge < -0.3 is 39.7 Å². The first-order valence-electron chi connectivity index (χ1n) is 40.6. The number of hydrogen-bond acceptors (Lipinski definition) is 8. The maximum atomic E-state index is 12.4. The van der Waals surface area contributed by atoms with Gasteiger partial charge in [0.1, 0.15) is 46.0 Å². The van der Waals surface area contributed by atoms with Crippen molar-refractivity contribution in [3.63, 3.8) is 0 Å². The molecule has 0 aliphatic heterocycles. The van der Waals surface area contributed by atoms with Crippen LogP contribution in [-0.4, -0.2) is 50.7 Å². The van der Waals surface area contributed by atoms with E-state index in [1.54, 1.807) is 0 Å². The first kappa shape index (κ1) is 87.2. The molecule has 0 atom stereocenters. The Labute approximate surface area is 667 Å². The average Bonchev–Trinajstić information content (AvgIpc) is 0.770. The van der Waals surface area contributed by atoms with Gasteiger partial charge in [0.05, 0.1) is 19.8 Å². The van der Waals surface area contributed by atoms with Crippen LogP contribution in [0.1, 0.15) is 353 Å². The summed E-state index contributed by atoms with van der Waals surface area (Å²) in [6.45, 7) is 63.9. The molecule has 0 saturated carbocycles. The fraction of sp³-hybridized carbons (Fsp3) is 0.520. The van der Waals surface area contributed by atoms with Gasteiger partial charge in [-0.15, -0.1) is 0 Å². The smallest absolute Gasteiger partial charge is 0.126 e. The van der Waals surface area contributed by atoms with E-state index in [0.717, 1.165) is 142 Å². The third kappa shape index (κ3) is 21.5. The Hall–Kier alpha value is -7.36. The molecule has 0 fully saturated rings. The molecule has 8 nitrogen and oxygen atoms in total. The highest BCUT2D eigenvalue weighted by Gasteiger charge is 2.33. The van der Waals surface area contributed by atoms with Crippen LogP contribution in [-0.2, 0) is 94.7 Å². The highest BCUT2D eigenvalue weighted by Crippen LogP contribution is 2.48. The van der Waals surface area contributed by atoms with Gasteiger partial charge in [-0.25, -0.2) is 0 Å². The first-order valence-corrected chi connectivity index (χ1v) is 41.7. The molecule has 0 amide bonds. The van der Waals surface area contributed by atoms with Gasteiger partial charge >= 0.3 is 0 Å². The molecule has 0 saturated heterocycles. The van der Waals surface area contributed by atoms with Crippen molar-refractivity contribution in [1.82, 2.24) is 0 Å². The van der Waals surface area contributed by atoms with Crippen molar-refractivity contribution in [2.45, 2.75) is 314 Å². The lowest BCUT2D eigenvalue weighted by Crippen LogP contribution is -2.17. The summed E-state index contributed by atoms with van der Waals surface area (Å²) in [4.78, 5) is 0. The Morgan fingerprint density at radius 1 is 0.220 bits per heavy atom. The molecule has 0 unspecified atom stereocenters. The van der Waals surface area contributed by atoms with Gasteiger partial charge in [-0.1, -0.05) is 307 Å². The monoisotopic (exact) mass is 1540 g/mol. The van der Waals surface area contributed by atoms with Crippen LogP contribution in [0.15, 0.2) is 97.1 Å². The Kier molecular flexibility index (Phi) is 27.1. The van der Waals surface area contributed by atoms with Gasteiger partial charge in [-0.2, -0.15) is 0 Å². The van der Waals surface area contributed by atoms with Crippen molar-refractivity contribution >= 4 is 15.9 Å². The van der Waals surface area contributed by atoms with Gasteiger partial charge in [0.15, 0.2) is 0 Å². The van der Waals surface area contributed by atoms with Gasteiger partial charge in [0.25, 0.3) is 0 Å². The van der Waals surface area contributed by atoms with Crippen molar-refractivity contribution in [2.75, 3.05) is 25.2 Å². The average molecular weight is 1550 g/mol. The number of benzene rings is 8. The van der Waals surface area contributed by atoms with E-state index in [1.165, 1.54) is 39.8 Å². The molecule has 0 heterocycles. The van der Waals surface area contributed by atoms with E-state index >= 15 is 0 Å². The van der Waals surface area contributed by atoms with Crippen LogP contribution in [0.5, 0.6) is 46.0 Å². The van der Waals surface area contributed by atoms with Crippen molar-refractivity contribution in [2.24, 2.45) is 0 Å². The minimum Gasteiger partial charge on any atom is -0.507 e. The quantitative estimate of drug-likeness (QED) is 0.0857. The van der Waals surface area contributed by atoms with Crippen molar-refractivity contribution in [3.05, 3.63) is 231 Å². The largest absolute Gasteiger partial charge is 0.507 e. The molecule has 9 heteroatoms. The van der Waals surface area contributed by atoms with Crippen LogP contribution in [0, 0.1) is 0 Å². The van der Waals surface area contributed by atoms with E-state index in [4.69, 9.17) is 14.2 Å². The number of hydrogen-bond donors (Lipinski definition) is 5. The molecule has 592 valence electrons. The number of fused-ring (bicyclic) bond motifs is 16. The van der Waals surface area contributed by atoms with E-state index in [-0.39, 0.29) is 66.3 Å². The molecule has 0 radical (unpaired) electrons. The lowest BCUT2D eigenvalue weighted by Gasteiger charge is -2.29. The molecular formula is C100H137BrO8. The molecule has 16 bridgehead atoms. The summed E-state index contributed by atoms with van der Waals surface area (Å²) in [6, 6.07) is 35.2. The Morgan fingerprint density at radius 2 is 0.330 bits per heavy atom. The van der Waals surface area contributed by atoms with E-state index in [1.807, 2.05) is 0 Å². The number of halogens is 1. The second-order valence-corrected chi connectivity index (χ2v) is 40.5. The zero-order valence-electron chi connectivity index (χ0n) is 72.4. The Morgan fingerprint density at radius 3 is 0.440 bits per heavy atom. The van der Waals surface area contributed by atoms with E-state index in [2.05, 4.69) is 307 Å². The second-order valence-electron chi connectivity index (χ2n) is 39.7. The summed E-state index contributed by atoms with van der Waals surface area (Å²) in [7, 11) is 0. The predicted octanol–water partition coefficient (Wildman–Crippen LogP) is 25.8. The molecule has 2 aliphatic rings. The number of rotatable bonds is 10. The third-order valence-electron chi connectivity index (χ3n) is 21.6. The number of phenols is 5. The topological polar surface area (TPSA) is 129 Å². The normalized spacial score (nSPS) is 13.7. The standard InChI is InChI=1S/C53H74O4.C44H56O4.C3H7Br/c1-16-19-55-47-36-22-34-26-42(50(4,5)6)27-35(46(34)54)23-37-29-44(52(10,11)12)31-39(48(37)56-20-17-2)25-41-33-45(53(13,14)15)32-40(49(41)57-21-18-3)24-38(47)30-43(28-36)51(7,8)9;1-41(2,3)33-17-25-13-27-19-34(42(4,5)6)21-29(38(27)46)15-31-23-36(44(10,11)12)24-32(40(31)48)16-30-22-35(43(7,8)9)20-28(39(30)47)14-26(18-33)37(25)45;1-2-3-4/h26-33,54H,16-25H2,1-15H3;17-24,45-48H,13-16H2,1-12H3;2-3H2,1H3. The molecule has 10 rings (SSSR count). The lowest BCUT2D eigenvalue weighted by atomic mass is 9.79. The minimum atomic E-state index is -0.190. The van der Waals surface area contributed by atoms with Crippen molar-refractivity contribution in [1.29, 1.82) is 0 Å². The lowest BCUT2D eigenvalue weighted by molar-refractivity contribution is 0.306. The molecule has 109 heavy (non-hydrogen) atoms. The first-order chi connectivity index (χ1) is 50.4. The van der Waals surface area contributed by atoms with Gasteiger partial charge in [-0.3, -0.25) is 0 Å². The zero-order chi connectivity index (χ0) is 81.2. The van der Waals surface area contributed by atoms with Crippen LogP contribution in [0.2, 0.25) is 0 Å². The molecule has 8 aromatic carbocycles. The Bertz CT molecular complexity index is 4040. The predicted molar refractivity (Wildman–Crippen MR) is 463 cm³/mol. The van der Waals surface area contributed by atoms with E-state index in [9.17, 15) is 25.5 Å². The summed E-state index contributed by atoms with van der Waals surface area (Å²) < 4.78 is 20.5. The summed E-state index contributed by atoms with van der Waals surface area (Å²) >= 11 is 3.25. The highest BCUT2D eigenvalue weighted by atomic mass is 79.9. The molecular weight excluding hydrogens is 1410 g/mol. The number of phenolic OH excluding ortho intramolecular Hbond substituents is 5. The Balaban J connectivity index is 0.000000265.